The number of hydrogen-bond acceptors (Lipinski definition) is 7. The first kappa shape index (κ1) is 37.4. The van der Waals surface area contributed by atoms with Crippen molar-refractivity contribution in [2.75, 3.05) is 0 Å². The Labute approximate surface area is 378 Å². The van der Waals surface area contributed by atoms with Crippen LogP contribution in [0, 0.1) is 0 Å². The minimum Gasteiger partial charge on any atom is -0.308 e. The van der Waals surface area contributed by atoms with Crippen molar-refractivity contribution in [2.24, 2.45) is 0 Å². The van der Waals surface area contributed by atoms with Crippen molar-refractivity contribution in [3.63, 3.8) is 0 Å². The second kappa shape index (κ2) is 15.3. The number of nitrogens with zero attached hydrogens (tertiary/aromatic N) is 9. The molecule has 0 aliphatic carbocycles. The third-order valence-corrected chi connectivity index (χ3v) is 12.2. The molecular weight excluding hydrogens is 811 g/mol. The molecule has 9 heteroatoms. The summed E-state index contributed by atoms with van der Waals surface area (Å²) < 4.78 is 4.55. The van der Waals surface area contributed by atoms with E-state index in [1.807, 2.05) is 121 Å². The Morgan fingerprint density at radius 1 is 0.303 bits per heavy atom. The van der Waals surface area contributed by atoms with Crippen LogP contribution in [0.1, 0.15) is 0 Å². The van der Waals surface area contributed by atoms with Gasteiger partial charge in [0.1, 0.15) is 5.69 Å². The molecule has 0 atom stereocenters. The van der Waals surface area contributed by atoms with E-state index in [0.717, 1.165) is 82.5 Å². The highest BCUT2D eigenvalue weighted by molar-refractivity contribution is 6.26. The standard InChI is InChI=1S/C57H35N9/c1-4-19-37(20-5-1)52-60-55(62-56(61-52)45-34-32-36-18-10-14-28-44(36)58-45)43-27-13-17-31-48(43)65-47-30-16-12-26-42(47)50-49(65)35-33-41-40-25-11-15-29-46(40)66(51(41)50)57-63-53(38-21-6-2-7-22-38)59-54(64-57)39-23-8-3-9-24-39/h1-35H. The van der Waals surface area contributed by atoms with E-state index in [1.165, 1.54) is 0 Å². The van der Waals surface area contributed by atoms with Crippen molar-refractivity contribution in [3.8, 4) is 68.7 Å². The van der Waals surface area contributed by atoms with Gasteiger partial charge in [-0.05, 0) is 42.5 Å². The lowest BCUT2D eigenvalue weighted by atomic mass is 10.1. The molecule has 0 unspecified atom stereocenters. The van der Waals surface area contributed by atoms with Crippen LogP contribution >= 0.6 is 0 Å². The first-order chi connectivity index (χ1) is 32.7. The van der Waals surface area contributed by atoms with Gasteiger partial charge in [0.2, 0.25) is 5.95 Å². The third kappa shape index (κ3) is 6.13. The van der Waals surface area contributed by atoms with Gasteiger partial charge in [0.15, 0.2) is 29.1 Å². The van der Waals surface area contributed by atoms with Gasteiger partial charge in [-0.1, -0.05) is 170 Å². The third-order valence-electron chi connectivity index (χ3n) is 12.2. The van der Waals surface area contributed by atoms with Gasteiger partial charge in [0.25, 0.3) is 0 Å². The molecule has 5 aromatic heterocycles. The molecule has 0 saturated carbocycles. The molecule has 0 saturated heterocycles. The smallest absolute Gasteiger partial charge is 0.238 e. The molecule has 308 valence electrons. The quantitative estimate of drug-likeness (QED) is 0.157. The number of para-hydroxylation sites is 4. The Hall–Kier alpha value is -9.21. The van der Waals surface area contributed by atoms with Crippen LogP contribution < -0.4 is 0 Å². The zero-order valence-electron chi connectivity index (χ0n) is 35.2. The molecule has 0 aliphatic heterocycles. The summed E-state index contributed by atoms with van der Waals surface area (Å²) in [5.41, 5.74) is 10.1. The van der Waals surface area contributed by atoms with Gasteiger partial charge in [0, 0.05) is 49.2 Å². The van der Waals surface area contributed by atoms with Crippen LogP contribution in [-0.2, 0) is 0 Å². The summed E-state index contributed by atoms with van der Waals surface area (Å²) in [5.74, 6) is 3.33. The SMILES string of the molecule is c1ccc(-c2nc(-c3ccc4ccccc4n3)nc(-c3ccccc3-n3c4ccccc4c4c3ccc3c5ccccc5n(-c5nc(-c6ccccc6)nc(-c6ccccc6)n5)c34)n2)cc1. The Bertz CT molecular complexity index is 3940. The zero-order valence-corrected chi connectivity index (χ0v) is 35.2. The molecule has 0 spiro atoms. The lowest BCUT2D eigenvalue weighted by molar-refractivity contribution is 0.955. The van der Waals surface area contributed by atoms with Gasteiger partial charge in [-0.15, -0.1) is 0 Å². The maximum Gasteiger partial charge on any atom is 0.238 e. The van der Waals surface area contributed by atoms with Crippen LogP contribution in [0.2, 0.25) is 0 Å². The highest BCUT2D eigenvalue weighted by Gasteiger charge is 2.25. The van der Waals surface area contributed by atoms with Crippen molar-refractivity contribution in [2.45, 2.75) is 0 Å². The van der Waals surface area contributed by atoms with E-state index >= 15 is 0 Å². The van der Waals surface area contributed by atoms with Crippen LogP contribution in [0.15, 0.2) is 212 Å². The molecule has 5 heterocycles. The van der Waals surface area contributed by atoms with Crippen molar-refractivity contribution in [1.82, 2.24) is 44.0 Å². The van der Waals surface area contributed by atoms with Gasteiger partial charge in [-0.2, -0.15) is 9.97 Å². The van der Waals surface area contributed by atoms with Crippen LogP contribution in [0.4, 0.5) is 0 Å². The zero-order chi connectivity index (χ0) is 43.6. The van der Waals surface area contributed by atoms with Gasteiger partial charge in [-0.3, -0.25) is 4.57 Å². The van der Waals surface area contributed by atoms with E-state index < -0.39 is 0 Å². The summed E-state index contributed by atoms with van der Waals surface area (Å²) in [5, 5.41) is 5.39. The number of hydrogen-bond donors (Lipinski definition) is 0. The summed E-state index contributed by atoms with van der Waals surface area (Å²) >= 11 is 0. The van der Waals surface area contributed by atoms with E-state index in [1.54, 1.807) is 0 Å². The molecule has 8 aromatic carbocycles. The topological polar surface area (TPSA) is 100 Å². The van der Waals surface area contributed by atoms with Crippen LogP contribution in [0.3, 0.4) is 0 Å². The highest BCUT2D eigenvalue weighted by Crippen LogP contribution is 2.43. The minimum atomic E-state index is 0.495. The number of fused-ring (bicyclic) bond motifs is 8. The molecule has 0 aliphatic rings. The number of aromatic nitrogens is 9. The van der Waals surface area contributed by atoms with Crippen molar-refractivity contribution >= 4 is 54.5 Å². The number of benzene rings is 8. The average Bonchev–Trinajstić information content (AvgIpc) is 3.92. The first-order valence-electron chi connectivity index (χ1n) is 21.8. The van der Waals surface area contributed by atoms with Crippen LogP contribution in [0.25, 0.3) is 123 Å². The molecule has 66 heavy (non-hydrogen) atoms. The fourth-order valence-electron chi connectivity index (χ4n) is 9.25. The minimum absolute atomic E-state index is 0.495. The summed E-state index contributed by atoms with van der Waals surface area (Å²) in [6, 6.07) is 72.3. The Kier molecular flexibility index (Phi) is 8.63. The van der Waals surface area contributed by atoms with Crippen molar-refractivity contribution < 1.29 is 0 Å². The largest absolute Gasteiger partial charge is 0.308 e. The number of rotatable bonds is 7. The monoisotopic (exact) mass is 845 g/mol. The second-order valence-corrected chi connectivity index (χ2v) is 16.2. The van der Waals surface area contributed by atoms with E-state index in [-0.39, 0.29) is 0 Å². The van der Waals surface area contributed by atoms with Gasteiger partial charge in [-0.25, -0.2) is 24.9 Å². The van der Waals surface area contributed by atoms with Gasteiger partial charge >= 0.3 is 0 Å². The summed E-state index contributed by atoms with van der Waals surface area (Å²) in [6.07, 6.45) is 0. The number of pyridine rings is 1. The molecule has 13 aromatic rings. The summed E-state index contributed by atoms with van der Waals surface area (Å²) in [4.78, 5) is 36.0. The van der Waals surface area contributed by atoms with Crippen molar-refractivity contribution in [3.05, 3.63) is 212 Å². The summed E-state index contributed by atoms with van der Waals surface area (Å²) in [6.45, 7) is 0. The molecule has 0 amide bonds. The molecule has 9 nitrogen and oxygen atoms in total. The predicted octanol–water partition coefficient (Wildman–Crippen LogP) is 13.1. The lowest BCUT2D eigenvalue weighted by Crippen LogP contribution is -2.06. The molecular formula is C57H35N9. The maximum absolute atomic E-state index is 5.27. The Balaban J connectivity index is 1.09. The first-order valence-corrected chi connectivity index (χ1v) is 21.8. The maximum atomic E-state index is 5.27. The van der Waals surface area contributed by atoms with Crippen molar-refractivity contribution in [1.29, 1.82) is 0 Å². The van der Waals surface area contributed by atoms with E-state index in [0.29, 0.717) is 40.8 Å². The molecule has 0 N–H and O–H groups in total. The molecule has 13 rings (SSSR count). The molecule has 0 fully saturated rings. The Morgan fingerprint density at radius 2 is 0.833 bits per heavy atom. The van der Waals surface area contributed by atoms with Gasteiger partial charge in [0.05, 0.1) is 33.3 Å². The normalized spacial score (nSPS) is 11.6. The highest BCUT2D eigenvalue weighted by atomic mass is 15.2. The average molecular weight is 846 g/mol. The van der Waals surface area contributed by atoms with E-state index in [9.17, 15) is 0 Å². The summed E-state index contributed by atoms with van der Waals surface area (Å²) in [7, 11) is 0. The Morgan fingerprint density at radius 3 is 1.55 bits per heavy atom. The van der Waals surface area contributed by atoms with E-state index in [2.05, 4.69) is 100 Å². The van der Waals surface area contributed by atoms with Crippen LogP contribution in [-0.4, -0.2) is 44.0 Å². The van der Waals surface area contributed by atoms with E-state index in [4.69, 9.17) is 34.9 Å². The second-order valence-electron chi connectivity index (χ2n) is 16.2. The lowest BCUT2D eigenvalue weighted by Gasteiger charge is -2.14. The van der Waals surface area contributed by atoms with Gasteiger partial charge < -0.3 is 4.57 Å². The molecule has 0 bridgehead atoms. The predicted molar refractivity (Wildman–Crippen MR) is 264 cm³/mol. The fourth-order valence-corrected chi connectivity index (χ4v) is 9.25. The molecule has 0 radical (unpaired) electrons. The van der Waals surface area contributed by atoms with Crippen LogP contribution in [0.5, 0.6) is 0 Å². The fraction of sp³-hybridized carbons (Fsp3) is 0.